The second kappa shape index (κ2) is 59.3. The number of quaternary nitrogens is 1. The van der Waals surface area contributed by atoms with Crippen molar-refractivity contribution in [1.29, 1.82) is 0 Å². The van der Waals surface area contributed by atoms with Crippen molar-refractivity contribution in [2.75, 3.05) is 47.5 Å². The minimum atomic E-state index is -4.39. The summed E-state index contributed by atoms with van der Waals surface area (Å²) in [5.74, 6) is -0.784. The summed E-state index contributed by atoms with van der Waals surface area (Å²) in [6.07, 6.45) is 77.4. The number of carbonyl (C=O) groups excluding carboxylic acids is 2. The fourth-order valence-corrected chi connectivity index (χ4v) is 10.2. The van der Waals surface area contributed by atoms with E-state index >= 15 is 0 Å². The zero-order valence-corrected chi connectivity index (χ0v) is 52.8. The van der Waals surface area contributed by atoms with E-state index in [0.717, 1.165) is 57.8 Å². The molecule has 0 aliphatic heterocycles. The van der Waals surface area contributed by atoms with E-state index in [1.165, 1.54) is 218 Å². The smallest absolute Gasteiger partial charge is 0.462 e. The van der Waals surface area contributed by atoms with Gasteiger partial charge in [0.1, 0.15) is 19.8 Å². The van der Waals surface area contributed by atoms with Crippen LogP contribution >= 0.6 is 7.82 Å². The van der Waals surface area contributed by atoms with Crippen LogP contribution in [0.1, 0.15) is 309 Å². The highest BCUT2D eigenvalue weighted by Gasteiger charge is 2.27. The van der Waals surface area contributed by atoms with Crippen molar-refractivity contribution >= 4 is 19.8 Å². The van der Waals surface area contributed by atoms with Crippen molar-refractivity contribution in [3.05, 3.63) is 60.8 Å². The van der Waals surface area contributed by atoms with E-state index in [4.69, 9.17) is 18.5 Å². The average molecular weight is 1120 g/mol. The Hall–Kier alpha value is -2.29. The first-order valence-electron chi connectivity index (χ1n) is 33.0. The molecule has 0 saturated heterocycles. The Bertz CT molecular complexity index is 1500. The number of hydrogen-bond acceptors (Lipinski definition) is 7. The first kappa shape index (κ1) is 75.7. The minimum absolute atomic E-state index is 0.0321. The maximum Gasteiger partial charge on any atom is 0.472 e. The highest BCUT2D eigenvalue weighted by Crippen LogP contribution is 2.43. The van der Waals surface area contributed by atoms with E-state index in [0.29, 0.717) is 23.9 Å². The average Bonchev–Trinajstić information content (AvgIpc) is 3.41. The molecule has 0 aromatic rings. The Kier molecular flexibility index (Phi) is 57.6. The summed E-state index contributed by atoms with van der Waals surface area (Å²) in [5, 5.41) is 0. The summed E-state index contributed by atoms with van der Waals surface area (Å²) in [4.78, 5) is 35.8. The molecule has 0 heterocycles. The first-order valence-corrected chi connectivity index (χ1v) is 34.5. The molecule has 0 aromatic heterocycles. The zero-order chi connectivity index (χ0) is 57.0. The minimum Gasteiger partial charge on any atom is -0.462 e. The SMILES string of the molecule is CC/C=C\C/C=C\C/C=C\C/C=C\CCCCCCCCCCCCCCCCCCC(=O)OC(COC(=O)CCCCCCCCCCCCCCC/C=C\CCCCCCCCCC)COP(=O)(O)OCC[N+](C)(C)C. The topological polar surface area (TPSA) is 108 Å². The molecule has 9 nitrogen and oxygen atoms in total. The van der Waals surface area contributed by atoms with Crippen LogP contribution < -0.4 is 0 Å². The number of ether oxygens (including phenoxy) is 2. The number of likely N-dealkylation sites (N-methyl/N-ethyl adjacent to an activating group) is 1. The number of nitrogens with zero attached hydrogens (tertiary/aromatic N) is 1. The fraction of sp³-hybridized carbons (Fsp3) is 0.824. The van der Waals surface area contributed by atoms with Crippen LogP contribution in [0.15, 0.2) is 60.8 Å². The first-order chi connectivity index (χ1) is 38.0. The third-order valence-corrected chi connectivity index (χ3v) is 15.5. The molecule has 0 rings (SSSR count). The lowest BCUT2D eigenvalue weighted by molar-refractivity contribution is -0.870. The maximum absolute atomic E-state index is 12.9. The van der Waals surface area contributed by atoms with Gasteiger partial charge in [0.25, 0.3) is 0 Å². The summed E-state index contributed by atoms with van der Waals surface area (Å²) in [6.45, 7) is 4.37. The third kappa shape index (κ3) is 62.9. The van der Waals surface area contributed by atoms with Gasteiger partial charge in [-0.25, -0.2) is 4.57 Å². The second-order valence-electron chi connectivity index (χ2n) is 23.5. The van der Waals surface area contributed by atoms with Crippen molar-refractivity contribution in [2.24, 2.45) is 0 Å². The third-order valence-electron chi connectivity index (χ3n) is 14.5. The molecule has 0 aliphatic rings. The molecule has 0 aliphatic carbocycles. The molecule has 2 atom stereocenters. The van der Waals surface area contributed by atoms with Gasteiger partial charge in [-0.3, -0.25) is 18.6 Å². The molecule has 0 radical (unpaired) electrons. The van der Waals surface area contributed by atoms with Crippen molar-refractivity contribution in [1.82, 2.24) is 0 Å². The van der Waals surface area contributed by atoms with Crippen molar-refractivity contribution < 1.29 is 42.1 Å². The lowest BCUT2D eigenvalue weighted by atomic mass is 10.0. The van der Waals surface area contributed by atoms with Crippen molar-refractivity contribution in [3.63, 3.8) is 0 Å². The van der Waals surface area contributed by atoms with Gasteiger partial charge in [-0.05, 0) is 77.0 Å². The van der Waals surface area contributed by atoms with Gasteiger partial charge in [0, 0.05) is 12.8 Å². The van der Waals surface area contributed by atoms with Gasteiger partial charge in [-0.2, -0.15) is 0 Å². The molecule has 0 bridgehead atoms. The maximum atomic E-state index is 12.9. The van der Waals surface area contributed by atoms with E-state index in [1.54, 1.807) is 0 Å². The molecule has 1 N–H and O–H groups in total. The van der Waals surface area contributed by atoms with E-state index in [1.807, 2.05) is 21.1 Å². The quantitative estimate of drug-likeness (QED) is 0.0211. The molecule has 78 heavy (non-hydrogen) atoms. The predicted octanol–water partition coefficient (Wildman–Crippen LogP) is 21.0. The monoisotopic (exact) mass is 1120 g/mol. The molecule has 0 spiro atoms. The summed E-state index contributed by atoms with van der Waals surface area (Å²) in [7, 11) is 1.49. The number of hydrogen-bond donors (Lipinski definition) is 1. The van der Waals surface area contributed by atoms with Gasteiger partial charge in [0.05, 0.1) is 27.7 Å². The van der Waals surface area contributed by atoms with E-state index < -0.39 is 26.5 Å². The van der Waals surface area contributed by atoms with Crippen molar-refractivity contribution in [2.45, 2.75) is 315 Å². The summed E-state index contributed by atoms with van der Waals surface area (Å²) in [5.41, 5.74) is 0. The summed E-state index contributed by atoms with van der Waals surface area (Å²) < 4.78 is 34.7. The van der Waals surface area contributed by atoms with E-state index in [-0.39, 0.29) is 25.6 Å². The second-order valence-corrected chi connectivity index (χ2v) is 24.9. The lowest BCUT2D eigenvalue weighted by Crippen LogP contribution is -2.37. The molecule has 0 fully saturated rings. The fourth-order valence-electron chi connectivity index (χ4n) is 9.48. The van der Waals surface area contributed by atoms with Crippen molar-refractivity contribution in [3.8, 4) is 0 Å². The Labute approximate surface area is 483 Å². The number of esters is 2. The molecule has 0 aromatic carbocycles. The molecule has 10 heteroatoms. The summed E-state index contributed by atoms with van der Waals surface area (Å²) >= 11 is 0. The van der Waals surface area contributed by atoms with Gasteiger partial charge in [0.2, 0.25) is 0 Å². The van der Waals surface area contributed by atoms with Crippen LogP contribution in [0.2, 0.25) is 0 Å². The number of phosphoric acid groups is 1. The van der Waals surface area contributed by atoms with Gasteiger partial charge >= 0.3 is 19.8 Å². The van der Waals surface area contributed by atoms with E-state index in [2.05, 4.69) is 74.6 Å². The lowest BCUT2D eigenvalue weighted by Gasteiger charge is -2.24. The van der Waals surface area contributed by atoms with Gasteiger partial charge < -0.3 is 18.9 Å². The number of carbonyl (C=O) groups is 2. The molecular weight excluding hydrogens is 990 g/mol. The Morgan fingerprint density at radius 1 is 0.410 bits per heavy atom. The van der Waals surface area contributed by atoms with Gasteiger partial charge in [0.15, 0.2) is 6.10 Å². The number of phosphoric ester groups is 1. The molecule has 2 unspecified atom stereocenters. The van der Waals surface area contributed by atoms with E-state index in [9.17, 15) is 19.0 Å². The standard InChI is InChI=1S/C68H126NO8P/c1-6-8-10-12-14-16-18-20-22-24-26-28-30-32-33-34-35-37-39-41-43-45-47-49-51-53-55-57-59-61-68(71)77-66(65-76-78(72,73)75-63-62-69(3,4)5)64-74-67(70)60-58-56-54-52-50-48-46-44-42-40-38-36-31-29-27-25-23-21-19-17-15-13-11-9-7-2/h8,10,14,16,20,22,25-28,66H,6-7,9,11-13,15,17-19,21,23-24,29-65H2,1-5H3/p+1/b10-8-,16-14-,22-20-,27-25-,28-26-. The van der Waals surface area contributed by atoms with Crippen LogP contribution in [-0.4, -0.2) is 74.9 Å². The Balaban J connectivity index is 4.06. The molecular formula is C68H127NO8P+. The Morgan fingerprint density at radius 3 is 1.10 bits per heavy atom. The highest BCUT2D eigenvalue weighted by molar-refractivity contribution is 7.47. The summed E-state index contributed by atoms with van der Waals surface area (Å²) in [6, 6.07) is 0. The van der Waals surface area contributed by atoms with Crippen LogP contribution in [0, 0.1) is 0 Å². The largest absolute Gasteiger partial charge is 0.472 e. The van der Waals surface area contributed by atoms with Crippen LogP contribution in [0.4, 0.5) is 0 Å². The van der Waals surface area contributed by atoms with Crippen LogP contribution in [0.25, 0.3) is 0 Å². The molecule has 0 amide bonds. The Morgan fingerprint density at radius 2 is 0.731 bits per heavy atom. The molecule has 0 saturated carbocycles. The highest BCUT2D eigenvalue weighted by atomic mass is 31.2. The van der Waals surface area contributed by atoms with Crippen LogP contribution in [0.5, 0.6) is 0 Å². The number of rotatable bonds is 61. The van der Waals surface area contributed by atoms with Gasteiger partial charge in [-0.1, -0.05) is 280 Å². The normalized spacial score (nSPS) is 13.6. The predicted molar refractivity (Wildman–Crippen MR) is 335 cm³/mol. The van der Waals surface area contributed by atoms with Gasteiger partial charge in [-0.15, -0.1) is 0 Å². The van der Waals surface area contributed by atoms with Crippen LogP contribution in [-0.2, 0) is 32.7 Å². The number of allylic oxidation sites excluding steroid dienone is 10. The molecule has 456 valence electrons. The zero-order valence-electron chi connectivity index (χ0n) is 51.9. The number of unbranched alkanes of at least 4 members (excludes halogenated alkanes) is 37. The van der Waals surface area contributed by atoms with Crippen LogP contribution in [0.3, 0.4) is 0 Å².